The molecular weight excluding hydrogens is 531 g/mol. The summed E-state index contributed by atoms with van der Waals surface area (Å²) < 4.78 is 18.1. The number of nitrogens with zero attached hydrogens (tertiary/aromatic N) is 2. The number of Topliss-reactive ketones (excluding diaryl/α,β-unsaturated/α-hetero) is 1. The largest absolute Gasteiger partial charge is 0.390 e. The SMILES string of the molecule is C[C@@H]1C[C@@H]2C(C[C@H](O)[C@@]3(F)[C@H]2CCC2=CC(=NOCc4cncc(Br)c4)C=C[C@@]23C)[C@@]1(O)C(=O)CO. The molecule has 0 aliphatic heterocycles. The molecular formula is C27H32BrFN2O5. The molecule has 7 nitrogen and oxygen atoms in total. The summed E-state index contributed by atoms with van der Waals surface area (Å²) in [5.41, 5.74) is -2.44. The van der Waals surface area contributed by atoms with Crippen LogP contribution in [0.5, 0.6) is 0 Å². The van der Waals surface area contributed by atoms with Gasteiger partial charge in [-0.05, 0) is 78.6 Å². The Labute approximate surface area is 218 Å². The summed E-state index contributed by atoms with van der Waals surface area (Å²) in [6.07, 6.45) is 8.96. The number of halogens is 2. The summed E-state index contributed by atoms with van der Waals surface area (Å²) in [4.78, 5) is 22.2. The van der Waals surface area contributed by atoms with Crippen molar-refractivity contribution in [2.24, 2.45) is 34.2 Å². The molecule has 9 heteroatoms. The van der Waals surface area contributed by atoms with Gasteiger partial charge in [-0.3, -0.25) is 9.78 Å². The van der Waals surface area contributed by atoms with E-state index in [0.717, 1.165) is 15.6 Å². The number of carbonyl (C=O) groups is 1. The number of rotatable bonds is 5. The number of hydrogen-bond donors (Lipinski definition) is 3. The second kappa shape index (κ2) is 9.11. The van der Waals surface area contributed by atoms with E-state index in [1.165, 1.54) is 0 Å². The number of aliphatic hydroxyl groups excluding tert-OH is 2. The fourth-order valence-corrected chi connectivity index (χ4v) is 7.91. The lowest BCUT2D eigenvalue weighted by Gasteiger charge is -2.59. The van der Waals surface area contributed by atoms with Crippen molar-refractivity contribution in [3.63, 3.8) is 0 Å². The van der Waals surface area contributed by atoms with E-state index in [1.807, 2.05) is 19.1 Å². The molecule has 1 aromatic heterocycles. The highest BCUT2D eigenvalue weighted by Crippen LogP contribution is 2.66. The van der Waals surface area contributed by atoms with Gasteiger partial charge < -0.3 is 20.2 Å². The van der Waals surface area contributed by atoms with Crippen molar-refractivity contribution in [1.82, 2.24) is 4.98 Å². The van der Waals surface area contributed by atoms with Crippen molar-refractivity contribution in [3.05, 3.63) is 52.3 Å². The Morgan fingerprint density at radius 3 is 2.83 bits per heavy atom. The number of oxime groups is 1. The average molecular weight is 563 g/mol. The molecule has 1 unspecified atom stereocenters. The van der Waals surface area contributed by atoms with Gasteiger partial charge in [-0.25, -0.2) is 4.39 Å². The second-order valence-electron chi connectivity index (χ2n) is 11.0. The molecule has 0 radical (unpaired) electrons. The van der Waals surface area contributed by atoms with E-state index in [1.54, 1.807) is 31.5 Å². The molecule has 5 rings (SSSR count). The number of fused-ring (bicyclic) bond motifs is 5. The van der Waals surface area contributed by atoms with Gasteiger partial charge >= 0.3 is 0 Å². The monoisotopic (exact) mass is 562 g/mol. The molecule has 4 aliphatic carbocycles. The molecule has 0 spiro atoms. The highest BCUT2D eigenvalue weighted by Gasteiger charge is 2.71. The molecule has 0 bridgehead atoms. The van der Waals surface area contributed by atoms with Crippen LogP contribution in [0, 0.1) is 29.1 Å². The topological polar surface area (TPSA) is 112 Å². The van der Waals surface area contributed by atoms with Crippen molar-refractivity contribution in [1.29, 1.82) is 0 Å². The molecule has 1 heterocycles. The number of aromatic nitrogens is 1. The molecule has 0 amide bonds. The Bertz CT molecular complexity index is 1160. The number of carbonyl (C=O) groups excluding carboxylic acids is 1. The van der Waals surface area contributed by atoms with Crippen LogP contribution in [0.15, 0.2) is 51.9 Å². The summed E-state index contributed by atoms with van der Waals surface area (Å²) in [5.74, 6) is -2.39. The van der Waals surface area contributed by atoms with Crippen molar-refractivity contribution in [2.45, 2.75) is 63.5 Å². The van der Waals surface area contributed by atoms with Gasteiger partial charge in [-0.15, -0.1) is 0 Å². The normalized spacial score (nSPS) is 42.4. The van der Waals surface area contributed by atoms with Crippen LogP contribution < -0.4 is 0 Å². The molecule has 3 N–H and O–H groups in total. The number of ketones is 1. The fraction of sp³-hybridized carbons (Fsp3) is 0.593. The highest BCUT2D eigenvalue weighted by molar-refractivity contribution is 9.10. The zero-order valence-corrected chi connectivity index (χ0v) is 22.0. The summed E-state index contributed by atoms with van der Waals surface area (Å²) in [5, 5.41) is 36.3. The zero-order chi connectivity index (χ0) is 25.9. The van der Waals surface area contributed by atoms with E-state index in [2.05, 4.69) is 26.1 Å². The molecule has 194 valence electrons. The van der Waals surface area contributed by atoms with Crippen LogP contribution in [-0.4, -0.2) is 55.8 Å². The predicted molar refractivity (Wildman–Crippen MR) is 134 cm³/mol. The first-order valence-corrected chi connectivity index (χ1v) is 13.3. The first-order chi connectivity index (χ1) is 17.1. The van der Waals surface area contributed by atoms with Gasteiger partial charge in [0.05, 0.1) is 6.10 Å². The van der Waals surface area contributed by atoms with Crippen LogP contribution >= 0.6 is 15.9 Å². The minimum absolute atomic E-state index is 0.0221. The van der Waals surface area contributed by atoms with Crippen LogP contribution in [-0.2, 0) is 16.2 Å². The first kappa shape index (κ1) is 25.7. The number of alkyl halides is 1. The Kier molecular flexibility index (Phi) is 6.51. The maximum atomic E-state index is 17.2. The standard InChI is InChI=1S/C27H32BrFN2O5/c1-15-7-20-21-4-3-17-9-19(31-36-14-16-8-18(28)12-30-11-16)5-6-25(17,2)27(21,29)23(33)10-22(20)26(15,35)24(34)13-32/h5-6,8-9,11-12,15,20-23,32-33,35H,3-4,7,10,13-14H2,1-2H3/t15-,20+,21+,22?,23+,25+,26-,27+/m1/s1. The van der Waals surface area contributed by atoms with Crippen molar-refractivity contribution < 1.29 is 29.3 Å². The van der Waals surface area contributed by atoms with Crippen LogP contribution in [0.25, 0.3) is 0 Å². The molecule has 1 aromatic rings. The van der Waals surface area contributed by atoms with E-state index in [4.69, 9.17) is 4.84 Å². The maximum Gasteiger partial charge on any atom is 0.190 e. The van der Waals surface area contributed by atoms with Gasteiger partial charge in [0.15, 0.2) is 11.5 Å². The van der Waals surface area contributed by atoms with Gasteiger partial charge in [0.25, 0.3) is 0 Å². The van der Waals surface area contributed by atoms with Crippen molar-refractivity contribution in [2.75, 3.05) is 6.61 Å². The van der Waals surface area contributed by atoms with Gasteiger partial charge in [-0.1, -0.05) is 23.7 Å². The molecule has 0 saturated heterocycles. The van der Waals surface area contributed by atoms with E-state index < -0.39 is 52.9 Å². The minimum Gasteiger partial charge on any atom is -0.390 e. The van der Waals surface area contributed by atoms with Gasteiger partial charge in [0, 0.05) is 39.7 Å². The number of hydrogen-bond acceptors (Lipinski definition) is 7. The van der Waals surface area contributed by atoms with Crippen LogP contribution in [0.3, 0.4) is 0 Å². The first-order valence-electron chi connectivity index (χ1n) is 12.5. The lowest BCUT2D eigenvalue weighted by atomic mass is 9.48. The lowest BCUT2D eigenvalue weighted by Crippen LogP contribution is -2.66. The Morgan fingerprint density at radius 1 is 1.33 bits per heavy atom. The number of allylic oxidation sites excluding steroid dienone is 4. The predicted octanol–water partition coefficient (Wildman–Crippen LogP) is 3.67. The number of pyridine rings is 1. The van der Waals surface area contributed by atoms with E-state index in [-0.39, 0.29) is 18.9 Å². The van der Waals surface area contributed by atoms with E-state index in [9.17, 15) is 20.1 Å². The Morgan fingerprint density at radius 2 is 2.11 bits per heavy atom. The third-order valence-corrected chi connectivity index (χ3v) is 9.76. The van der Waals surface area contributed by atoms with Crippen LogP contribution in [0.2, 0.25) is 0 Å². The summed E-state index contributed by atoms with van der Waals surface area (Å²) in [6, 6.07) is 1.89. The molecule has 3 saturated carbocycles. The summed E-state index contributed by atoms with van der Waals surface area (Å²) in [6.45, 7) is 3.08. The summed E-state index contributed by atoms with van der Waals surface area (Å²) in [7, 11) is 0. The Balaban J connectivity index is 1.39. The van der Waals surface area contributed by atoms with Gasteiger partial charge in [0.1, 0.15) is 24.5 Å². The zero-order valence-electron chi connectivity index (χ0n) is 20.4. The highest BCUT2D eigenvalue weighted by atomic mass is 79.9. The molecule has 3 fully saturated rings. The van der Waals surface area contributed by atoms with Crippen LogP contribution in [0.1, 0.15) is 45.1 Å². The third kappa shape index (κ3) is 3.65. The average Bonchev–Trinajstić information content (AvgIpc) is 3.10. The van der Waals surface area contributed by atoms with Crippen molar-refractivity contribution >= 4 is 27.4 Å². The van der Waals surface area contributed by atoms with Gasteiger partial charge in [-0.2, -0.15) is 0 Å². The maximum absolute atomic E-state index is 17.2. The van der Waals surface area contributed by atoms with E-state index in [0.29, 0.717) is 25.0 Å². The quantitative estimate of drug-likeness (QED) is 0.472. The van der Waals surface area contributed by atoms with Crippen LogP contribution in [0.4, 0.5) is 4.39 Å². The van der Waals surface area contributed by atoms with E-state index >= 15 is 4.39 Å². The van der Waals surface area contributed by atoms with Gasteiger partial charge in [0.2, 0.25) is 0 Å². The smallest absolute Gasteiger partial charge is 0.190 e. The Hall–Kier alpha value is -1.94. The fourth-order valence-electron chi connectivity index (χ4n) is 7.50. The number of aliphatic hydroxyl groups is 3. The third-order valence-electron chi connectivity index (χ3n) is 9.33. The minimum atomic E-state index is -1.95. The second-order valence-corrected chi connectivity index (χ2v) is 11.9. The molecule has 8 atom stereocenters. The van der Waals surface area contributed by atoms with Crippen molar-refractivity contribution in [3.8, 4) is 0 Å². The molecule has 4 aliphatic rings. The molecule has 36 heavy (non-hydrogen) atoms. The summed E-state index contributed by atoms with van der Waals surface area (Å²) >= 11 is 3.38. The molecule has 0 aromatic carbocycles. The lowest BCUT2D eigenvalue weighted by molar-refractivity contribution is -0.191.